The van der Waals surface area contributed by atoms with Crippen LogP contribution in [0.4, 0.5) is 4.79 Å². The highest BCUT2D eigenvalue weighted by Crippen LogP contribution is 2.30. The maximum absolute atomic E-state index is 13.0. The summed E-state index contributed by atoms with van der Waals surface area (Å²) in [5, 5.41) is 5.82. The van der Waals surface area contributed by atoms with Gasteiger partial charge in [-0.05, 0) is 44.4 Å². The Bertz CT molecular complexity index is 871. The topological polar surface area (TPSA) is 83.1 Å². The van der Waals surface area contributed by atoms with Crippen LogP contribution < -0.4 is 15.4 Å². The molecule has 4 rings (SSSR count). The van der Waals surface area contributed by atoms with Crippen LogP contribution in [-0.4, -0.2) is 73.8 Å². The van der Waals surface area contributed by atoms with E-state index < -0.39 is 12.0 Å². The van der Waals surface area contributed by atoms with E-state index >= 15 is 0 Å². The van der Waals surface area contributed by atoms with Gasteiger partial charge >= 0.3 is 12.0 Å². The Hall–Kier alpha value is -2.58. The molecule has 0 unspecified atom stereocenters. The number of ether oxygens (including phenoxy) is 2. The van der Waals surface area contributed by atoms with Gasteiger partial charge in [-0.2, -0.15) is 0 Å². The number of piperazine rings is 1. The van der Waals surface area contributed by atoms with E-state index in [0.717, 1.165) is 37.5 Å². The molecule has 186 valence electrons. The molecule has 1 aromatic rings. The van der Waals surface area contributed by atoms with Gasteiger partial charge in [-0.1, -0.05) is 31.4 Å². The third kappa shape index (κ3) is 5.91. The summed E-state index contributed by atoms with van der Waals surface area (Å²) in [5.41, 5.74) is 1.92. The smallest absolute Gasteiger partial charge is 0.338 e. The Morgan fingerprint density at radius 3 is 2.35 bits per heavy atom. The predicted molar refractivity (Wildman–Crippen MR) is 131 cm³/mol. The van der Waals surface area contributed by atoms with Gasteiger partial charge in [-0.3, -0.25) is 9.80 Å². The average molecular weight is 471 g/mol. The summed E-state index contributed by atoms with van der Waals surface area (Å²) in [5.74, 6) is 0.356. The molecule has 1 saturated carbocycles. The monoisotopic (exact) mass is 470 g/mol. The number of rotatable bonds is 8. The van der Waals surface area contributed by atoms with E-state index in [1.165, 1.54) is 32.1 Å². The third-order valence-electron chi connectivity index (χ3n) is 7.05. The molecule has 3 aliphatic rings. The van der Waals surface area contributed by atoms with Gasteiger partial charge in [0.15, 0.2) is 0 Å². The van der Waals surface area contributed by atoms with Gasteiger partial charge in [0, 0.05) is 44.5 Å². The maximum Gasteiger partial charge on any atom is 0.338 e. The molecule has 1 aliphatic carbocycles. The van der Waals surface area contributed by atoms with Crippen molar-refractivity contribution in [2.75, 3.05) is 45.9 Å². The van der Waals surface area contributed by atoms with Crippen molar-refractivity contribution in [3.8, 4) is 5.75 Å². The number of carbonyl (C=O) groups is 2. The van der Waals surface area contributed by atoms with E-state index in [-0.39, 0.29) is 12.6 Å². The first-order chi connectivity index (χ1) is 16.6. The number of hydrogen-bond donors (Lipinski definition) is 2. The van der Waals surface area contributed by atoms with Crippen LogP contribution in [0, 0.1) is 0 Å². The molecular weight excluding hydrogens is 432 g/mol. The number of nitrogens with one attached hydrogen (secondary N) is 2. The molecule has 2 heterocycles. The summed E-state index contributed by atoms with van der Waals surface area (Å²) < 4.78 is 10.9. The summed E-state index contributed by atoms with van der Waals surface area (Å²) >= 11 is 0. The van der Waals surface area contributed by atoms with Crippen LogP contribution in [0.25, 0.3) is 0 Å². The summed E-state index contributed by atoms with van der Waals surface area (Å²) in [6, 6.07) is 7.35. The molecule has 8 heteroatoms. The number of hydrogen-bond acceptors (Lipinski definition) is 6. The minimum absolute atomic E-state index is 0.277. The van der Waals surface area contributed by atoms with Gasteiger partial charge in [0.05, 0.1) is 24.8 Å². The van der Waals surface area contributed by atoms with Crippen molar-refractivity contribution < 1.29 is 19.1 Å². The highest BCUT2D eigenvalue weighted by Gasteiger charge is 2.35. The number of benzene rings is 1. The van der Waals surface area contributed by atoms with Crippen molar-refractivity contribution in [3.05, 3.63) is 41.1 Å². The van der Waals surface area contributed by atoms with Crippen molar-refractivity contribution in [1.29, 1.82) is 0 Å². The second-order valence-corrected chi connectivity index (χ2v) is 9.25. The lowest BCUT2D eigenvalue weighted by atomic mass is 9.93. The van der Waals surface area contributed by atoms with Crippen molar-refractivity contribution in [3.63, 3.8) is 0 Å². The lowest BCUT2D eigenvalue weighted by Gasteiger charge is -2.41. The number of esters is 1. The summed E-state index contributed by atoms with van der Waals surface area (Å²) in [4.78, 5) is 30.6. The van der Waals surface area contributed by atoms with Crippen molar-refractivity contribution in [2.24, 2.45) is 0 Å². The van der Waals surface area contributed by atoms with Gasteiger partial charge < -0.3 is 20.1 Å². The molecule has 34 heavy (non-hydrogen) atoms. The Balaban J connectivity index is 1.51. The molecule has 2 amide bonds. The number of urea groups is 1. The van der Waals surface area contributed by atoms with Crippen molar-refractivity contribution in [2.45, 2.75) is 58.0 Å². The molecular formula is C26H38N4O4. The van der Waals surface area contributed by atoms with E-state index in [9.17, 15) is 9.59 Å². The number of carbonyl (C=O) groups excluding carboxylic acids is 2. The quantitative estimate of drug-likeness (QED) is 0.568. The SMILES string of the molecule is CCOC(=O)C1=C(CN2CCN(C3CCCCC3)CC2)NC(=O)N[C@H]1c1ccc(OCC)cc1. The molecule has 0 spiro atoms. The van der Waals surface area contributed by atoms with E-state index in [0.29, 0.717) is 30.5 Å². The fraction of sp³-hybridized carbons (Fsp3) is 0.615. The third-order valence-corrected chi connectivity index (χ3v) is 7.05. The lowest BCUT2D eigenvalue weighted by Crippen LogP contribution is -2.53. The Morgan fingerprint density at radius 2 is 1.71 bits per heavy atom. The first kappa shape index (κ1) is 24.5. The minimum Gasteiger partial charge on any atom is -0.494 e. The zero-order valence-corrected chi connectivity index (χ0v) is 20.5. The van der Waals surface area contributed by atoms with E-state index in [1.807, 2.05) is 31.2 Å². The van der Waals surface area contributed by atoms with Crippen molar-refractivity contribution in [1.82, 2.24) is 20.4 Å². The Labute approximate surface area is 202 Å². The van der Waals surface area contributed by atoms with Gasteiger partial charge in [-0.15, -0.1) is 0 Å². The summed E-state index contributed by atoms with van der Waals surface area (Å²) in [7, 11) is 0. The molecule has 2 N–H and O–H groups in total. The standard InChI is InChI=1S/C26H38N4O4/c1-3-33-21-12-10-19(11-13-21)24-23(25(31)34-4-2)22(27-26(32)28-24)18-29-14-16-30(17-15-29)20-8-6-5-7-9-20/h10-13,20,24H,3-9,14-18H2,1-2H3,(H2,27,28,32)/t24-/m0/s1. The fourth-order valence-corrected chi connectivity index (χ4v) is 5.32. The van der Waals surface area contributed by atoms with Crippen LogP contribution in [0.2, 0.25) is 0 Å². The molecule has 0 radical (unpaired) electrons. The average Bonchev–Trinajstić information content (AvgIpc) is 2.85. The molecule has 2 fully saturated rings. The van der Waals surface area contributed by atoms with E-state index in [4.69, 9.17) is 9.47 Å². The normalized spacial score (nSPS) is 22.8. The van der Waals surface area contributed by atoms with Gasteiger partial charge in [0.1, 0.15) is 5.75 Å². The van der Waals surface area contributed by atoms with Crippen LogP contribution in [0.3, 0.4) is 0 Å². The van der Waals surface area contributed by atoms with Crippen LogP contribution in [-0.2, 0) is 9.53 Å². The second-order valence-electron chi connectivity index (χ2n) is 9.25. The second kappa shape index (κ2) is 11.7. The largest absolute Gasteiger partial charge is 0.494 e. The first-order valence-electron chi connectivity index (χ1n) is 12.8. The zero-order chi connectivity index (χ0) is 23.9. The van der Waals surface area contributed by atoms with Gasteiger partial charge in [-0.25, -0.2) is 9.59 Å². The van der Waals surface area contributed by atoms with E-state index in [1.54, 1.807) is 6.92 Å². The van der Waals surface area contributed by atoms with Crippen LogP contribution in [0.1, 0.15) is 57.6 Å². The Kier molecular flexibility index (Phi) is 8.45. The summed E-state index contributed by atoms with van der Waals surface area (Å²) in [6.07, 6.45) is 6.66. The van der Waals surface area contributed by atoms with Crippen LogP contribution in [0.15, 0.2) is 35.5 Å². The van der Waals surface area contributed by atoms with Crippen LogP contribution >= 0.6 is 0 Å². The van der Waals surface area contributed by atoms with Crippen molar-refractivity contribution >= 4 is 12.0 Å². The Morgan fingerprint density at radius 1 is 1.00 bits per heavy atom. The lowest BCUT2D eigenvalue weighted by molar-refractivity contribution is -0.139. The highest BCUT2D eigenvalue weighted by atomic mass is 16.5. The minimum atomic E-state index is -0.568. The van der Waals surface area contributed by atoms with Gasteiger partial charge in [0.25, 0.3) is 0 Å². The molecule has 1 aromatic carbocycles. The zero-order valence-electron chi connectivity index (χ0n) is 20.5. The molecule has 8 nitrogen and oxygen atoms in total. The maximum atomic E-state index is 13.0. The van der Waals surface area contributed by atoms with E-state index in [2.05, 4.69) is 20.4 Å². The molecule has 0 bridgehead atoms. The number of nitrogens with zero attached hydrogens (tertiary/aromatic N) is 2. The van der Waals surface area contributed by atoms with Crippen LogP contribution in [0.5, 0.6) is 5.75 Å². The fourth-order valence-electron chi connectivity index (χ4n) is 5.32. The first-order valence-corrected chi connectivity index (χ1v) is 12.8. The molecule has 0 aromatic heterocycles. The molecule has 2 aliphatic heterocycles. The van der Waals surface area contributed by atoms with Gasteiger partial charge in [0.2, 0.25) is 0 Å². The predicted octanol–water partition coefficient (Wildman–Crippen LogP) is 3.21. The molecule has 1 atom stereocenters. The number of amides is 2. The molecule has 1 saturated heterocycles. The highest BCUT2D eigenvalue weighted by molar-refractivity contribution is 5.95. The summed E-state index contributed by atoms with van der Waals surface area (Å²) in [6.45, 7) is 9.01.